The lowest BCUT2D eigenvalue weighted by molar-refractivity contribution is 0.143. The van der Waals surface area contributed by atoms with Crippen molar-refractivity contribution in [3.63, 3.8) is 0 Å². The molecule has 0 saturated carbocycles. The van der Waals surface area contributed by atoms with Crippen LogP contribution in [0.15, 0.2) is 42.5 Å². The van der Waals surface area contributed by atoms with Crippen molar-refractivity contribution in [2.24, 2.45) is 0 Å². The van der Waals surface area contributed by atoms with Crippen molar-refractivity contribution in [3.05, 3.63) is 59.4 Å². The Labute approximate surface area is 174 Å². The monoisotopic (exact) mass is 414 g/mol. The SMILES string of the molecule is CNC(=S)NC[C@H]1CN(c2ccc(N3CCc4ccccc4C3)c(F)c2)C(=O)O1. The van der Waals surface area contributed by atoms with Crippen LogP contribution in [-0.2, 0) is 17.7 Å². The van der Waals surface area contributed by atoms with Crippen LogP contribution in [0.3, 0.4) is 0 Å². The van der Waals surface area contributed by atoms with Crippen LogP contribution < -0.4 is 20.4 Å². The largest absolute Gasteiger partial charge is 0.442 e. The summed E-state index contributed by atoms with van der Waals surface area (Å²) >= 11 is 5.03. The fourth-order valence-corrected chi connectivity index (χ4v) is 3.84. The van der Waals surface area contributed by atoms with Gasteiger partial charge in [0.05, 0.1) is 24.5 Å². The molecule has 152 valence electrons. The highest BCUT2D eigenvalue weighted by atomic mass is 32.1. The number of nitrogens with zero attached hydrogens (tertiary/aromatic N) is 2. The molecule has 0 aromatic heterocycles. The van der Waals surface area contributed by atoms with Gasteiger partial charge < -0.3 is 20.3 Å². The van der Waals surface area contributed by atoms with E-state index in [1.807, 2.05) is 17.0 Å². The highest BCUT2D eigenvalue weighted by molar-refractivity contribution is 7.80. The maximum atomic E-state index is 14.9. The molecule has 1 fully saturated rings. The summed E-state index contributed by atoms with van der Waals surface area (Å²) in [5.74, 6) is -0.340. The van der Waals surface area contributed by atoms with Gasteiger partial charge in [0.2, 0.25) is 0 Å². The van der Waals surface area contributed by atoms with Crippen molar-refractivity contribution in [3.8, 4) is 0 Å². The van der Waals surface area contributed by atoms with Crippen LogP contribution >= 0.6 is 12.2 Å². The minimum absolute atomic E-state index is 0.340. The number of nitrogens with one attached hydrogen (secondary N) is 2. The first-order chi connectivity index (χ1) is 14.0. The summed E-state index contributed by atoms with van der Waals surface area (Å²) in [6.07, 6.45) is 0.0558. The molecule has 2 heterocycles. The van der Waals surface area contributed by atoms with E-state index in [1.165, 1.54) is 22.1 Å². The topological polar surface area (TPSA) is 56.8 Å². The van der Waals surface area contributed by atoms with Crippen molar-refractivity contribution in [1.29, 1.82) is 0 Å². The first kappa shape index (κ1) is 19.4. The normalized spacial score (nSPS) is 18.3. The number of anilines is 2. The minimum atomic E-state index is -0.480. The third kappa shape index (κ3) is 4.12. The van der Waals surface area contributed by atoms with Crippen molar-refractivity contribution < 1.29 is 13.9 Å². The number of carbonyl (C=O) groups is 1. The van der Waals surface area contributed by atoms with Gasteiger partial charge in [-0.2, -0.15) is 0 Å². The number of ether oxygens (including phenoxy) is 1. The fraction of sp³-hybridized carbons (Fsp3) is 0.333. The van der Waals surface area contributed by atoms with Gasteiger partial charge in [-0.3, -0.25) is 4.90 Å². The third-order valence-corrected chi connectivity index (χ3v) is 5.65. The van der Waals surface area contributed by atoms with Gasteiger partial charge in [-0.25, -0.2) is 9.18 Å². The predicted octanol–water partition coefficient (Wildman–Crippen LogP) is 2.81. The zero-order chi connectivity index (χ0) is 20.4. The Kier molecular flexibility index (Phi) is 5.53. The van der Waals surface area contributed by atoms with Crippen LogP contribution in [0.25, 0.3) is 0 Å². The van der Waals surface area contributed by atoms with Gasteiger partial charge in [0, 0.05) is 20.1 Å². The molecule has 2 aromatic carbocycles. The van der Waals surface area contributed by atoms with E-state index in [9.17, 15) is 9.18 Å². The van der Waals surface area contributed by atoms with Crippen LogP contribution in [0.4, 0.5) is 20.6 Å². The number of thiocarbonyl (C=S) groups is 1. The molecule has 8 heteroatoms. The standard InChI is InChI=1S/C21H23FN4O2S/c1-23-20(29)24-11-17-13-26(21(27)28-17)16-6-7-19(18(22)10-16)25-9-8-14-4-2-3-5-15(14)12-25/h2-7,10,17H,8-9,11-13H2,1H3,(H2,23,24,29)/t17-/m0/s1. The van der Waals surface area contributed by atoms with Crippen molar-refractivity contribution >= 4 is 34.8 Å². The second kappa shape index (κ2) is 8.24. The quantitative estimate of drug-likeness (QED) is 0.751. The van der Waals surface area contributed by atoms with Crippen molar-refractivity contribution in [2.45, 2.75) is 19.1 Å². The van der Waals surface area contributed by atoms with E-state index in [0.717, 1.165) is 13.0 Å². The number of hydrogen-bond acceptors (Lipinski definition) is 4. The lowest BCUT2D eigenvalue weighted by Crippen LogP contribution is -2.39. The Morgan fingerprint density at radius 3 is 2.83 bits per heavy atom. The van der Waals surface area contributed by atoms with Gasteiger partial charge in [0.1, 0.15) is 11.9 Å². The molecule has 0 aliphatic carbocycles. The summed E-state index contributed by atoms with van der Waals surface area (Å²) in [7, 11) is 1.72. The van der Waals surface area contributed by atoms with Crippen LogP contribution in [-0.4, -0.2) is 44.0 Å². The molecular formula is C21H23FN4O2S. The average molecular weight is 415 g/mol. The van der Waals surface area contributed by atoms with Crippen LogP contribution in [0.5, 0.6) is 0 Å². The van der Waals surface area contributed by atoms with Crippen LogP contribution in [0.1, 0.15) is 11.1 Å². The van der Waals surface area contributed by atoms with Gasteiger partial charge in [-0.15, -0.1) is 0 Å². The third-order valence-electron chi connectivity index (χ3n) is 5.31. The smallest absolute Gasteiger partial charge is 0.414 e. The molecule has 2 aliphatic heterocycles. The Morgan fingerprint density at radius 1 is 1.28 bits per heavy atom. The van der Waals surface area contributed by atoms with E-state index in [0.29, 0.717) is 36.1 Å². The molecular weight excluding hydrogens is 391 g/mol. The van der Waals surface area contributed by atoms with Gasteiger partial charge >= 0.3 is 6.09 Å². The Balaban J connectivity index is 1.45. The molecule has 0 spiro atoms. The first-order valence-corrected chi connectivity index (χ1v) is 10.0. The maximum absolute atomic E-state index is 14.9. The van der Waals surface area contributed by atoms with Crippen molar-refractivity contribution in [1.82, 2.24) is 10.6 Å². The van der Waals surface area contributed by atoms with Crippen LogP contribution in [0, 0.1) is 5.82 Å². The number of carbonyl (C=O) groups excluding carboxylic acids is 1. The number of hydrogen-bond donors (Lipinski definition) is 2. The van der Waals surface area contributed by atoms with Gasteiger partial charge in [-0.1, -0.05) is 24.3 Å². The minimum Gasteiger partial charge on any atom is -0.442 e. The first-order valence-electron chi connectivity index (χ1n) is 9.60. The molecule has 4 rings (SSSR count). The molecule has 0 unspecified atom stereocenters. The molecule has 1 atom stereocenters. The summed E-state index contributed by atoms with van der Waals surface area (Å²) in [6.45, 7) is 2.18. The Bertz CT molecular complexity index is 939. The maximum Gasteiger partial charge on any atom is 0.414 e. The van der Waals surface area contributed by atoms with Gasteiger partial charge in [0.15, 0.2) is 5.11 Å². The van der Waals surface area contributed by atoms with Gasteiger partial charge in [-0.05, 0) is 48.0 Å². The molecule has 1 amide bonds. The van der Waals surface area contributed by atoms with E-state index in [4.69, 9.17) is 17.0 Å². The zero-order valence-electron chi connectivity index (χ0n) is 16.2. The number of rotatable bonds is 4. The number of halogens is 1. The fourth-order valence-electron chi connectivity index (χ4n) is 3.76. The van der Waals surface area contributed by atoms with E-state index in [2.05, 4.69) is 22.8 Å². The molecule has 0 radical (unpaired) electrons. The number of amides is 1. The highest BCUT2D eigenvalue weighted by Crippen LogP contribution is 2.30. The molecule has 2 N–H and O–H groups in total. The number of cyclic esters (lactones) is 1. The lowest BCUT2D eigenvalue weighted by atomic mass is 9.99. The molecule has 0 bridgehead atoms. The van der Waals surface area contributed by atoms with E-state index >= 15 is 0 Å². The molecule has 2 aliphatic rings. The second-order valence-electron chi connectivity index (χ2n) is 7.15. The average Bonchev–Trinajstić information content (AvgIpc) is 3.12. The molecule has 2 aromatic rings. The molecule has 6 nitrogen and oxygen atoms in total. The summed E-state index contributed by atoms with van der Waals surface area (Å²) in [4.78, 5) is 15.7. The van der Waals surface area contributed by atoms with Crippen molar-refractivity contribution in [2.75, 3.05) is 36.5 Å². The summed E-state index contributed by atoms with van der Waals surface area (Å²) < 4.78 is 20.3. The second-order valence-corrected chi connectivity index (χ2v) is 7.56. The molecule has 29 heavy (non-hydrogen) atoms. The zero-order valence-corrected chi connectivity index (χ0v) is 17.0. The van der Waals surface area contributed by atoms with E-state index in [-0.39, 0.29) is 11.9 Å². The summed E-state index contributed by atoms with van der Waals surface area (Å²) in [5.41, 5.74) is 3.58. The predicted molar refractivity (Wildman–Crippen MR) is 115 cm³/mol. The summed E-state index contributed by atoms with van der Waals surface area (Å²) in [6, 6.07) is 13.2. The number of fused-ring (bicyclic) bond motifs is 1. The van der Waals surface area contributed by atoms with Gasteiger partial charge in [0.25, 0.3) is 0 Å². The Morgan fingerprint density at radius 2 is 2.07 bits per heavy atom. The van der Waals surface area contributed by atoms with E-state index < -0.39 is 6.09 Å². The highest BCUT2D eigenvalue weighted by Gasteiger charge is 2.33. The summed E-state index contributed by atoms with van der Waals surface area (Å²) in [5, 5.41) is 6.26. The lowest BCUT2D eigenvalue weighted by Gasteiger charge is -2.31. The molecule has 1 saturated heterocycles. The number of benzene rings is 2. The van der Waals surface area contributed by atoms with E-state index in [1.54, 1.807) is 19.2 Å². The van der Waals surface area contributed by atoms with Crippen LogP contribution in [0.2, 0.25) is 0 Å². The Hall–Kier alpha value is -2.87.